The molecule has 6 rings (SSSR count). The van der Waals surface area contributed by atoms with Gasteiger partial charge in [0.1, 0.15) is 11.8 Å². The summed E-state index contributed by atoms with van der Waals surface area (Å²) in [5.74, 6) is 0.933. The lowest BCUT2D eigenvalue weighted by atomic mass is 9.84. The highest BCUT2D eigenvalue weighted by atomic mass is 35.5. The minimum Gasteiger partial charge on any atom is -0.467 e. The number of thioether (sulfide) groups is 1. The molecule has 0 radical (unpaired) electrons. The second kappa shape index (κ2) is 5.78. The van der Waals surface area contributed by atoms with Crippen molar-refractivity contribution in [1.82, 2.24) is 0 Å². The van der Waals surface area contributed by atoms with Crippen LogP contribution in [-0.2, 0) is 6.42 Å². The monoisotopic (exact) mass is 390 g/mol. The molecular weight excluding hydrogens is 376 g/mol. The number of benzene rings is 2. The van der Waals surface area contributed by atoms with E-state index in [-0.39, 0.29) is 6.04 Å². The van der Waals surface area contributed by atoms with Crippen LogP contribution in [0, 0.1) is 0 Å². The van der Waals surface area contributed by atoms with Gasteiger partial charge in [-0.25, -0.2) is 4.99 Å². The van der Waals surface area contributed by atoms with Gasteiger partial charge in [-0.2, -0.15) is 0 Å². The van der Waals surface area contributed by atoms with Gasteiger partial charge in [-0.15, -0.1) is 0 Å². The van der Waals surface area contributed by atoms with Crippen molar-refractivity contribution < 1.29 is 4.42 Å². The Kier molecular flexibility index (Phi) is 3.34. The van der Waals surface area contributed by atoms with E-state index < -0.39 is 0 Å². The van der Waals surface area contributed by atoms with E-state index in [4.69, 9.17) is 21.0 Å². The Bertz CT molecular complexity index is 1130. The summed E-state index contributed by atoms with van der Waals surface area (Å²) in [7, 11) is 0. The summed E-state index contributed by atoms with van der Waals surface area (Å²) in [6.45, 7) is 0. The van der Waals surface area contributed by atoms with Crippen molar-refractivity contribution in [3.63, 3.8) is 0 Å². The minimum atomic E-state index is -0.00972. The zero-order valence-corrected chi connectivity index (χ0v) is 15.9. The first-order valence-electron chi connectivity index (χ1n) is 9.00. The summed E-state index contributed by atoms with van der Waals surface area (Å²) in [5.41, 5.74) is 6.05. The van der Waals surface area contributed by atoms with Crippen LogP contribution in [-0.4, -0.2) is 5.17 Å². The number of para-hydroxylation sites is 1. The normalized spacial score (nSPS) is 20.0. The number of hydrogen-bond acceptors (Lipinski definition) is 4. The quantitative estimate of drug-likeness (QED) is 0.487. The Morgan fingerprint density at radius 3 is 2.85 bits per heavy atom. The number of aryl methyl sites for hydroxylation is 1. The summed E-state index contributed by atoms with van der Waals surface area (Å²) in [6, 6.07) is 18.6. The molecule has 0 saturated carbocycles. The molecular formula is C22H15ClN2OS. The van der Waals surface area contributed by atoms with E-state index in [9.17, 15) is 0 Å². The molecule has 2 aromatic carbocycles. The number of rotatable bonds is 1. The molecule has 1 aliphatic carbocycles. The fourth-order valence-corrected chi connectivity index (χ4v) is 5.70. The van der Waals surface area contributed by atoms with Crippen LogP contribution >= 0.6 is 23.4 Å². The fraction of sp³-hybridized carbons (Fsp3) is 0.136. The molecule has 0 amide bonds. The number of fused-ring (bicyclic) bond motifs is 5. The summed E-state index contributed by atoms with van der Waals surface area (Å²) in [4.78, 5) is 8.51. The van der Waals surface area contributed by atoms with Crippen molar-refractivity contribution in [2.24, 2.45) is 4.99 Å². The number of anilines is 1. The highest BCUT2D eigenvalue weighted by molar-refractivity contribution is 8.14. The predicted octanol–water partition coefficient (Wildman–Crippen LogP) is 6.31. The van der Waals surface area contributed by atoms with E-state index in [0.29, 0.717) is 0 Å². The van der Waals surface area contributed by atoms with E-state index in [1.54, 1.807) is 18.0 Å². The summed E-state index contributed by atoms with van der Waals surface area (Å²) in [5, 5.41) is 1.72. The van der Waals surface area contributed by atoms with Gasteiger partial charge < -0.3 is 9.32 Å². The van der Waals surface area contributed by atoms with Crippen LogP contribution in [0.2, 0.25) is 5.02 Å². The van der Waals surface area contributed by atoms with Crippen LogP contribution in [0.25, 0.3) is 5.70 Å². The van der Waals surface area contributed by atoms with Crippen molar-refractivity contribution >= 4 is 39.9 Å². The molecule has 0 saturated heterocycles. The topological polar surface area (TPSA) is 28.7 Å². The van der Waals surface area contributed by atoms with Crippen LogP contribution in [0.1, 0.15) is 29.3 Å². The van der Waals surface area contributed by atoms with Crippen molar-refractivity contribution in [3.8, 4) is 0 Å². The van der Waals surface area contributed by atoms with Gasteiger partial charge in [-0.1, -0.05) is 41.9 Å². The number of furan rings is 1. The lowest BCUT2D eigenvalue weighted by molar-refractivity contribution is 0.480. The van der Waals surface area contributed by atoms with E-state index >= 15 is 0 Å². The first kappa shape index (κ1) is 15.6. The minimum absolute atomic E-state index is 0.00972. The molecule has 5 heteroatoms. The van der Waals surface area contributed by atoms with Gasteiger partial charge in [-0.05, 0) is 60.0 Å². The molecule has 1 unspecified atom stereocenters. The van der Waals surface area contributed by atoms with E-state index in [1.165, 1.54) is 16.7 Å². The number of halogens is 1. The van der Waals surface area contributed by atoms with Gasteiger partial charge in [0.05, 0.1) is 22.7 Å². The fourth-order valence-electron chi connectivity index (χ4n) is 4.30. The highest BCUT2D eigenvalue weighted by Crippen LogP contribution is 2.55. The molecule has 3 aromatic rings. The molecule has 0 fully saturated rings. The SMILES string of the molecule is Clc1cccc2c1N1C(=NC3=C(CCc4ccccc43)C1c1ccco1)S2. The lowest BCUT2D eigenvalue weighted by Crippen LogP contribution is -2.35. The van der Waals surface area contributed by atoms with Gasteiger partial charge in [0, 0.05) is 10.5 Å². The van der Waals surface area contributed by atoms with E-state index in [2.05, 4.69) is 41.3 Å². The zero-order chi connectivity index (χ0) is 18.0. The first-order valence-corrected chi connectivity index (χ1v) is 10.2. The largest absolute Gasteiger partial charge is 0.467 e. The van der Waals surface area contributed by atoms with Gasteiger partial charge >= 0.3 is 0 Å². The van der Waals surface area contributed by atoms with Crippen LogP contribution in [0.5, 0.6) is 0 Å². The van der Waals surface area contributed by atoms with E-state index in [1.807, 2.05) is 18.2 Å². The van der Waals surface area contributed by atoms with Gasteiger partial charge in [0.15, 0.2) is 5.17 Å². The third-order valence-electron chi connectivity index (χ3n) is 5.45. The lowest BCUT2D eigenvalue weighted by Gasteiger charge is -2.37. The van der Waals surface area contributed by atoms with Crippen molar-refractivity contribution in [3.05, 3.63) is 88.3 Å². The van der Waals surface area contributed by atoms with Crippen molar-refractivity contribution in [1.29, 1.82) is 0 Å². The Labute approximate surface area is 166 Å². The van der Waals surface area contributed by atoms with Crippen LogP contribution in [0.3, 0.4) is 0 Å². The van der Waals surface area contributed by atoms with Crippen molar-refractivity contribution in [2.75, 3.05) is 4.90 Å². The molecule has 3 heterocycles. The average Bonchev–Trinajstić information content (AvgIpc) is 3.34. The Balaban J connectivity index is 1.62. The molecule has 0 bridgehead atoms. The third-order valence-corrected chi connectivity index (χ3v) is 6.77. The average molecular weight is 391 g/mol. The summed E-state index contributed by atoms with van der Waals surface area (Å²) >= 11 is 8.30. The number of aliphatic imine (C=N–C) groups is 1. The molecule has 2 aliphatic heterocycles. The Morgan fingerprint density at radius 2 is 1.96 bits per heavy atom. The second-order valence-corrected chi connectivity index (χ2v) is 8.32. The second-order valence-electron chi connectivity index (χ2n) is 6.90. The van der Waals surface area contributed by atoms with Crippen LogP contribution < -0.4 is 4.90 Å². The standard InChI is InChI=1S/C22H15ClN2OS/c23-16-7-3-9-18-21(16)25-20(17-8-4-12-26-17)15-11-10-13-5-1-2-6-14(13)19(15)24-22(25)27-18/h1-9,12,20H,10-11H2. The van der Waals surface area contributed by atoms with Gasteiger partial charge in [0.2, 0.25) is 0 Å². The molecule has 0 N–H and O–H groups in total. The number of hydrogen-bond donors (Lipinski definition) is 0. The zero-order valence-electron chi connectivity index (χ0n) is 14.4. The van der Waals surface area contributed by atoms with E-state index in [0.717, 1.165) is 45.1 Å². The Morgan fingerprint density at radius 1 is 1.04 bits per heavy atom. The molecule has 1 aromatic heterocycles. The van der Waals surface area contributed by atoms with Gasteiger partial charge in [-0.3, -0.25) is 0 Å². The molecule has 0 spiro atoms. The van der Waals surface area contributed by atoms with Crippen molar-refractivity contribution in [2.45, 2.75) is 23.8 Å². The summed E-state index contributed by atoms with van der Waals surface area (Å²) in [6.07, 6.45) is 3.73. The van der Waals surface area contributed by atoms with Gasteiger partial charge in [0.25, 0.3) is 0 Å². The molecule has 3 aliphatic rings. The number of nitrogens with zero attached hydrogens (tertiary/aromatic N) is 2. The summed E-state index contributed by atoms with van der Waals surface area (Å²) < 4.78 is 5.89. The van der Waals surface area contributed by atoms with Crippen LogP contribution in [0.4, 0.5) is 5.69 Å². The predicted molar refractivity (Wildman–Crippen MR) is 110 cm³/mol. The maximum Gasteiger partial charge on any atom is 0.174 e. The first-order chi connectivity index (χ1) is 13.3. The third kappa shape index (κ3) is 2.20. The van der Waals surface area contributed by atoms with Crippen LogP contribution in [0.15, 0.2) is 80.7 Å². The maximum absolute atomic E-state index is 6.62. The molecule has 27 heavy (non-hydrogen) atoms. The number of amidine groups is 1. The highest BCUT2D eigenvalue weighted by Gasteiger charge is 2.43. The molecule has 132 valence electrons. The molecule has 1 atom stereocenters. The maximum atomic E-state index is 6.62. The smallest absolute Gasteiger partial charge is 0.174 e. The molecule has 3 nitrogen and oxygen atoms in total. The Hall–Kier alpha value is -2.43.